The quantitative estimate of drug-likeness (QED) is 0.877. The number of piperidine rings is 1. The number of nitrogens with one attached hydrogen (secondary N) is 1. The van der Waals surface area contributed by atoms with Crippen molar-refractivity contribution < 1.29 is 9.59 Å². The number of hydrogen-bond donors (Lipinski definition) is 1. The molecule has 1 saturated heterocycles. The summed E-state index contributed by atoms with van der Waals surface area (Å²) in [6.07, 6.45) is 1.40. The van der Waals surface area contributed by atoms with Gasteiger partial charge in [-0.15, -0.1) is 0 Å². The van der Waals surface area contributed by atoms with E-state index in [9.17, 15) is 9.59 Å². The zero-order valence-electron chi connectivity index (χ0n) is 16.6. The van der Waals surface area contributed by atoms with E-state index in [0.29, 0.717) is 25.9 Å². The molecular weight excluding hydrogens is 336 g/mol. The molecule has 27 heavy (non-hydrogen) atoms. The molecule has 2 aromatic rings. The van der Waals surface area contributed by atoms with E-state index in [0.717, 1.165) is 27.9 Å². The topological polar surface area (TPSA) is 49.4 Å². The summed E-state index contributed by atoms with van der Waals surface area (Å²) < 4.78 is 0. The Balaban J connectivity index is 1.62. The van der Waals surface area contributed by atoms with Crippen LogP contribution in [0.1, 0.15) is 45.5 Å². The largest absolute Gasteiger partial charge is 0.339 e. The Labute approximate surface area is 161 Å². The lowest BCUT2D eigenvalue weighted by Gasteiger charge is -2.32. The smallest absolute Gasteiger partial charge is 0.254 e. The van der Waals surface area contributed by atoms with Crippen LogP contribution >= 0.6 is 0 Å². The second kappa shape index (κ2) is 7.95. The Morgan fingerprint density at radius 2 is 1.52 bits per heavy atom. The van der Waals surface area contributed by atoms with Crippen molar-refractivity contribution in [3.05, 3.63) is 64.2 Å². The van der Waals surface area contributed by atoms with Gasteiger partial charge in [-0.25, -0.2) is 0 Å². The summed E-state index contributed by atoms with van der Waals surface area (Å²) in [5, 5.41) is 3.12. The van der Waals surface area contributed by atoms with Gasteiger partial charge in [-0.05, 0) is 63.3 Å². The van der Waals surface area contributed by atoms with Crippen molar-refractivity contribution >= 4 is 17.5 Å². The molecule has 1 heterocycles. The number of anilines is 1. The summed E-state index contributed by atoms with van der Waals surface area (Å²) in [5.41, 5.74) is 6.05. The molecule has 0 aromatic heterocycles. The van der Waals surface area contributed by atoms with Gasteiger partial charge >= 0.3 is 0 Å². The van der Waals surface area contributed by atoms with Gasteiger partial charge in [0.1, 0.15) is 0 Å². The standard InChI is InChI=1S/C23H28N2O2/c1-15-13-17(3)21(18(4)14-15)24-22(26)19-9-11-25(12-10-19)23(27)20-8-6-5-7-16(20)2/h5-8,13-14,19H,9-12H2,1-4H3,(H,24,26). The van der Waals surface area contributed by atoms with Gasteiger partial charge in [-0.1, -0.05) is 35.9 Å². The fourth-order valence-electron chi connectivity index (χ4n) is 3.93. The molecule has 0 unspecified atom stereocenters. The molecular formula is C23H28N2O2. The molecule has 1 aliphatic rings. The van der Waals surface area contributed by atoms with Crippen LogP contribution in [0.25, 0.3) is 0 Å². The average molecular weight is 364 g/mol. The molecule has 3 rings (SSSR count). The number of amides is 2. The minimum Gasteiger partial charge on any atom is -0.339 e. The van der Waals surface area contributed by atoms with Gasteiger partial charge in [0.2, 0.25) is 5.91 Å². The van der Waals surface area contributed by atoms with E-state index in [2.05, 4.69) is 24.4 Å². The number of nitrogens with zero attached hydrogens (tertiary/aromatic N) is 1. The minimum absolute atomic E-state index is 0.0500. The molecule has 1 N–H and O–H groups in total. The third-order valence-electron chi connectivity index (χ3n) is 5.45. The van der Waals surface area contributed by atoms with E-state index in [1.807, 2.05) is 49.9 Å². The first-order valence-corrected chi connectivity index (χ1v) is 9.60. The normalized spacial score (nSPS) is 14.9. The lowest BCUT2D eigenvalue weighted by atomic mass is 9.94. The van der Waals surface area contributed by atoms with Gasteiger partial charge in [0.05, 0.1) is 0 Å². The Kier molecular flexibility index (Phi) is 5.64. The Morgan fingerprint density at radius 3 is 2.11 bits per heavy atom. The van der Waals surface area contributed by atoms with Crippen LogP contribution in [-0.4, -0.2) is 29.8 Å². The number of carbonyl (C=O) groups excluding carboxylic acids is 2. The summed E-state index contributed by atoms with van der Waals surface area (Å²) in [7, 11) is 0. The molecule has 2 amide bonds. The van der Waals surface area contributed by atoms with Gasteiger partial charge in [0.15, 0.2) is 0 Å². The van der Waals surface area contributed by atoms with E-state index in [1.54, 1.807) is 0 Å². The second-order valence-corrected chi connectivity index (χ2v) is 7.64. The third kappa shape index (κ3) is 4.21. The first-order chi connectivity index (χ1) is 12.9. The maximum atomic E-state index is 12.7. The summed E-state index contributed by atoms with van der Waals surface area (Å²) in [4.78, 5) is 27.3. The zero-order chi connectivity index (χ0) is 19.6. The van der Waals surface area contributed by atoms with Crippen LogP contribution in [-0.2, 0) is 4.79 Å². The van der Waals surface area contributed by atoms with E-state index >= 15 is 0 Å². The number of aryl methyl sites for hydroxylation is 4. The zero-order valence-corrected chi connectivity index (χ0v) is 16.6. The molecule has 2 aromatic carbocycles. The molecule has 4 nitrogen and oxygen atoms in total. The van der Waals surface area contributed by atoms with Crippen LogP contribution in [0.4, 0.5) is 5.69 Å². The summed E-state index contributed by atoms with van der Waals surface area (Å²) in [5.74, 6) is 0.0799. The molecule has 1 aliphatic heterocycles. The average Bonchev–Trinajstić information content (AvgIpc) is 2.64. The van der Waals surface area contributed by atoms with Gasteiger partial charge in [-0.3, -0.25) is 9.59 Å². The van der Waals surface area contributed by atoms with Crippen molar-refractivity contribution in [1.82, 2.24) is 4.90 Å². The lowest BCUT2D eigenvalue weighted by molar-refractivity contribution is -0.121. The Bertz CT molecular complexity index is 841. The monoisotopic (exact) mass is 364 g/mol. The second-order valence-electron chi connectivity index (χ2n) is 7.64. The number of hydrogen-bond acceptors (Lipinski definition) is 2. The number of rotatable bonds is 3. The first kappa shape index (κ1) is 19.2. The van der Waals surface area contributed by atoms with Crippen molar-refractivity contribution in [2.45, 2.75) is 40.5 Å². The minimum atomic E-state index is -0.0500. The Hall–Kier alpha value is -2.62. The highest BCUT2D eigenvalue weighted by Crippen LogP contribution is 2.25. The summed E-state index contributed by atoms with van der Waals surface area (Å²) >= 11 is 0. The van der Waals surface area contributed by atoms with E-state index in [1.165, 1.54) is 5.56 Å². The molecule has 0 atom stereocenters. The highest BCUT2D eigenvalue weighted by Gasteiger charge is 2.28. The van der Waals surface area contributed by atoms with Crippen molar-refractivity contribution in [2.75, 3.05) is 18.4 Å². The van der Waals surface area contributed by atoms with Gasteiger partial charge < -0.3 is 10.2 Å². The van der Waals surface area contributed by atoms with Gasteiger partial charge in [0, 0.05) is 30.3 Å². The lowest BCUT2D eigenvalue weighted by Crippen LogP contribution is -2.41. The molecule has 0 bridgehead atoms. The van der Waals surface area contributed by atoms with E-state index in [4.69, 9.17) is 0 Å². The molecule has 0 radical (unpaired) electrons. The fourth-order valence-corrected chi connectivity index (χ4v) is 3.93. The van der Waals surface area contributed by atoms with E-state index in [-0.39, 0.29) is 17.7 Å². The maximum Gasteiger partial charge on any atom is 0.254 e. The van der Waals surface area contributed by atoms with Crippen molar-refractivity contribution in [2.24, 2.45) is 5.92 Å². The molecule has 0 spiro atoms. The number of likely N-dealkylation sites (tertiary alicyclic amines) is 1. The maximum absolute atomic E-state index is 12.7. The van der Waals surface area contributed by atoms with Crippen LogP contribution in [0.2, 0.25) is 0 Å². The van der Waals surface area contributed by atoms with Crippen molar-refractivity contribution in [3.63, 3.8) is 0 Å². The SMILES string of the molecule is Cc1cc(C)c(NC(=O)C2CCN(C(=O)c3ccccc3C)CC2)c(C)c1. The number of carbonyl (C=O) groups is 2. The Morgan fingerprint density at radius 1 is 0.926 bits per heavy atom. The molecule has 0 saturated carbocycles. The highest BCUT2D eigenvalue weighted by molar-refractivity contribution is 5.96. The summed E-state index contributed by atoms with van der Waals surface area (Å²) in [6, 6.07) is 11.8. The fraction of sp³-hybridized carbons (Fsp3) is 0.391. The van der Waals surface area contributed by atoms with Crippen molar-refractivity contribution in [1.29, 1.82) is 0 Å². The molecule has 0 aliphatic carbocycles. The van der Waals surface area contributed by atoms with E-state index < -0.39 is 0 Å². The predicted octanol–water partition coefficient (Wildman–Crippen LogP) is 4.41. The number of benzene rings is 2. The third-order valence-corrected chi connectivity index (χ3v) is 5.45. The predicted molar refractivity (Wildman–Crippen MR) is 109 cm³/mol. The van der Waals surface area contributed by atoms with Crippen LogP contribution in [0.5, 0.6) is 0 Å². The van der Waals surface area contributed by atoms with Gasteiger partial charge in [-0.2, -0.15) is 0 Å². The van der Waals surface area contributed by atoms with Gasteiger partial charge in [0.25, 0.3) is 5.91 Å². The van der Waals surface area contributed by atoms with Crippen LogP contribution < -0.4 is 5.32 Å². The van der Waals surface area contributed by atoms with Crippen LogP contribution in [0, 0.1) is 33.6 Å². The highest BCUT2D eigenvalue weighted by atomic mass is 16.2. The molecule has 4 heteroatoms. The summed E-state index contributed by atoms with van der Waals surface area (Å²) in [6.45, 7) is 9.32. The van der Waals surface area contributed by atoms with Crippen LogP contribution in [0.15, 0.2) is 36.4 Å². The van der Waals surface area contributed by atoms with Crippen molar-refractivity contribution in [3.8, 4) is 0 Å². The van der Waals surface area contributed by atoms with Crippen LogP contribution in [0.3, 0.4) is 0 Å². The molecule has 1 fully saturated rings. The molecule has 142 valence electrons. The first-order valence-electron chi connectivity index (χ1n) is 9.60.